The minimum absolute atomic E-state index is 0.340. The van der Waals surface area contributed by atoms with Crippen molar-refractivity contribution < 1.29 is 44.5 Å². The van der Waals surface area contributed by atoms with Crippen LogP contribution in [-0.4, -0.2) is 19.5 Å². The lowest BCUT2D eigenvalue weighted by Gasteiger charge is -2.11. The van der Waals surface area contributed by atoms with Crippen LogP contribution in [0.1, 0.15) is 35.6 Å². The third-order valence-electron chi connectivity index (χ3n) is 8.06. The van der Waals surface area contributed by atoms with Crippen LogP contribution in [0.5, 0.6) is 0 Å². The highest BCUT2D eigenvalue weighted by Crippen LogP contribution is 2.41. The predicted molar refractivity (Wildman–Crippen MR) is 205 cm³/mol. The molecule has 11 aromatic rings. The first-order chi connectivity index (χ1) is 36.1. The number of aromatic nitrogens is 4. The van der Waals surface area contributed by atoms with Crippen LogP contribution in [0.2, 0.25) is 0 Å². The van der Waals surface area contributed by atoms with Crippen LogP contribution < -0.4 is 0 Å². The van der Waals surface area contributed by atoms with E-state index in [0.29, 0.717) is 0 Å². The number of hydrogen-bond donors (Lipinski definition) is 0. The Morgan fingerprint density at radius 3 is 1.96 bits per heavy atom. The van der Waals surface area contributed by atoms with Gasteiger partial charge in [-0.1, -0.05) is 115 Å². The highest BCUT2D eigenvalue weighted by atomic mass is 16.3. The van der Waals surface area contributed by atoms with Crippen LogP contribution >= 0.6 is 0 Å². The van der Waals surface area contributed by atoms with Crippen LogP contribution in [0, 0.1) is 0 Å². The molecule has 51 heavy (non-hydrogen) atoms. The summed E-state index contributed by atoms with van der Waals surface area (Å²) in [6.45, 7) is 0. The van der Waals surface area contributed by atoms with Crippen molar-refractivity contribution in [2.75, 3.05) is 0 Å². The number of nitrogens with zero attached hydrogens (tertiary/aromatic N) is 4. The van der Waals surface area contributed by atoms with Gasteiger partial charge in [0.1, 0.15) is 22.3 Å². The molecule has 0 bridgehead atoms. The molecule has 0 radical (unpaired) electrons. The summed E-state index contributed by atoms with van der Waals surface area (Å²) in [5, 5.41) is -2.48. The Morgan fingerprint density at radius 2 is 1.12 bits per heavy atom. The van der Waals surface area contributed by atoms with E-state index < -0.39 is 246 Å². The van der Waals surface area contributed by atoms with E-state index in [0.717, 1.165) is 4.57 Å². The number of para-hydroxylation sites is 2. The van der Waals surface area contributed by atoms with Gasteiger partial charge in [-0.2, -0.15) is 9.97 Å². The molecular weight excluding hydrogens is 629 g/mol. The minimum Gasteiger partial charge on any atom is -0.456 e. The summed E-state index contributed by atoms with van der Waals surface area (Å²) in [4.78, 5) is 13.4. The summed E-state index contributed by atoms with van der Waals surface area (Å²) in [5.74, 6) is -2.50. The molecule has 0 spiro atoms. The molecule has 0 aliphatic heterocycles. The Kier molecular flexibility index (Phi) is 2.67. The molecule has 4 heterocycles. The van der Waals surface area contributed by atoms with E-state index in [-0.39, 0.29) is 16.2 Å². The lowest BCUT2D eigenvalue weighted by atomic mass is 9.99. The standard InChI is InChI=1S/C45H26N4O2/c1-3-12-27(13-4-1)30-18-11-21-38-40(30)34-23-22-29(26-39(34)50-38)44-46-43(28-14-5-2-6-15-28)47-45(48-44)49-35-19-9-7-17-33(35)41-36(49)25-24-32-31-16-8-10-20-37(31)51-42(32)41/h1-26H/i1D,2D,3D,4D,5D,6D,7D,8D,9D,10D,11D,12D,13D,14D,15D,16D,17D,18D,19D,20D,21D,22D,23D,24D,25D,26D. The summed E-state index contributed by atoms with van der Waals surface area (Å²) in [6, 6.07) is -21.6. The molecule has 0 amide bonds. The second-order valence-corrected chi connectivity index (χ2v) is 10.8. The number of fused-ring (bicyclic) bond motifs is 10. The molecule has 0 N–H and O–H groups in total. The fourth-order valence-corrected chi connectivity index (χ4v) is 5.95. The van der Waals surface area contributed by atoms with Gasteiger partial charge in [-0.15, -0.1) is 0 Å². The molecule has 6 nitrogen and oxygen atoms in total. The second-order valence-electron chi connectivity index (χ2n) is 10.8. The zero-order valence-corrected chi connectivity index (χ0v) is 25.1. The van der Waals surface area contributed by atoms with E-state index in [1.807, 2.05) is 0 Å². The molecular formula is C45H26N4O2. The van der Waals surface area contributed by atoms with Crippen molar-refractivity contribution in [3.63, 3.8) is 0 Å². The van der Waals surface area contributed by atoms with Crippen molar-refractivity contribution in [3.8, 4) is 39.9 Å². The molecule has 11 rings (SSSR count). The van der Waals surface area contributed by atoms with Crippen LogP contribution in [0.15, 0.2) is 166 Å². The molecule has 0 aliphatic carbocycles. The van der Waals surface area contributed by atoms with Crippen LogP contribution in [-0.2, 0) is 0 Å². The zero-order valence-electron chi connectivity index (χ0n) is 51.1. The van der Waals surface area contributed by atoms with E-state index >= 15 is 0 Å². The van der Waals surface area contributed by atoms with Crippen molar-refractivity contribution in [1.29, 1.82) is 0 Å². The lowest BCUT2D eigenvalue weighted by Crippen LogP contribution is -2.06. The molecule has 0 saturated heterocycles. The SMILES string of the molecule is [2H]c1c([2H])c([2H])c(-c2nc(-c3c([2H])c([2H])c4c(oc5c([2H])c([2H])c([2H])c(-c6c([2H])c([2H])c([2H])c([2H])c6[2H])c54)c3[2H])nc(-n3c4c([2H])c([2H])c([2H])c([2H])c4c4c5oc6c([2H])c([2H])c([2H])c([2H])c6c5c([2H])c([2H])c43)n2)c([2H])c1[2H]. The average molecular weight is 681 g/mol. The predicted octanol–water partition coefficient (Wildman–Crippen LogP) is 11.8. The fraction of sp³-hybridized carbons (Fsp3) is 0. The molecule has 6 heteroatoms. The Morgan fingerprint density at radius 1 is 0.431 bits per heavy atom. The van der Waals surface area contributed by atoms with Gasteiger partial charge < -0.3 is 8.83 Å². The zero-order chi connectivity index (χ0) is 56.1. The van der Waals surface area contributed by atoms with Gasteiger partial charge in [0, 0.05) is 38.1 Å². The van der Waals surface area contributed by atoms with Gasteiger partial charge >= 0.3 is 0 Å². The first-order valence-electron chi connectivity index (χ1n) is 27.8. The maximum atomic E-state index is 9.63. The quantitative estimate of drug-likeness (QED) is 0.185. The van der Waals surface area contributed by atoms with Gasteiger partial charge in [-0.25, -0.2) is 4.98 Å². The number of rotatable bonds is 4. The molecule has 238 valence electrons. The Bertz CT molecular complexity index is 4600. The van der Waals surface area contributed by atoms with Crippen LogP contribution in [0.4, 0.5) is 0 Å². The third-order valence-corrected chi connectivity index (χ3v) is 8.06. The molecule has 7 aromatic carbocycles. The molecule has 0 atom stereocenters. The second kappa shape index (κ2) is 10.7. The maximum absolute atomic E-state index is 9.63. The molecule has 0 unspecified atom stereocenters. The average Bonchev–Trinajstić information content (AvgIpc) is 4.29. The smallest absolute Gasteiger partial charge is 0.238 e. The molecule has 4 aromatic heterocycles. The van der Waals surface area contributed by atoms with Crippen molar-refractivity contribution in [2.24, 2.45) is 0 Å². The summed E-state index contributed by atoms with van der Waals surface area (Å²) < 4.78 is 242. The summed E-state index contributed by atoms with van der Waals surface area (Å²) in [5.41, 5.74) is -6.00. The normalized spacial score (nSPS) is 19.1. The van der Waals surface area contributed by atoms with Gasteiger partial charge in [-0.05, 0) is 53.4 Å². The number of benzene rings is 7. The maximum Gasteiger partial charge on any atom is 0.238 e. The van der Waals surface area contributed by atoms with E-state index in [1.165, 1.54) is 0 Å². The summed E-state index contributed by atoms with van der Waals surface area (Å²) >= 11 is 0. The Labute approximate surface area is 327 Å². The lowest BCUT2D eigenvalue weighted by molar-refractivity contribution is 0.669. The molecule has 0 saturated carbocycles. The van der Waals surface area contributed by atoms with E-state index in [4.69, 9.17) is 34.9 Å². The topological polar surface area (TPSA) is 69.9 Å². The molecule has 0 fully saturated rings. The summed E-state index contributed by atoms with van der Waals surface area (Å²) in [6.07, 6.45) is 0. The number of furan rings is 2. The van der Waals surface area contributed by atoms with Crippen molar-refractivity contribution >= 4 is 65.7 Å². The number of hydrogen-bond acceptors (Lipinski definition) is 5. The Hall–Kier alpha value is -7.05. The first kappa shape index (κ1) is 12.7. The monoisotopic (exact) mass is 680 g/mol. The highest BCUT2D eigenvalue weighted by molar-refractivity contribution is 6.23. The van der Waals surface area contributed by atoms with Gasteiger partial charge in [-0.3, -0.25) is 4.57 Å². The molecule has 0 aliphatic rings. The van der Waals surface area contributed by atoms with Crippen molar-refractivity contribution in [2.45, 2.75) is 0 Å². The fourth-order valence-electron chi connectivity index (χ4n) is 5.95. The summed E-state index contributed by atoms with van der Waals surface area (Å²) in [7, 11) is 0. The van der Waals surface area contributed by atoms with Crippen LogP contribution in [0.25, 0.3) is 106 Å². The van der Waals surface area contributed by atoms with Crippen LogP contribution in [0.3, 0.4) is 0 Å². The van der Waals surface area contributed by atoms with E-state index in [1.54, 1.807) is 0 Å². The van der Waals surface area contributed by atoms with E-state index in [2.05, 4.69) is 15.0 Å². The minimum atomic E-state index is -0.961. The van der Waals surface area contributed by atoms with Gasteiger partial charge in [0.05, 0.1) is 52.1 Å². The van der Waals surface area contributed by atoms with Gasteiger partial charge in [0.15, 0.2) is 11.6 Å². The Balaban J connectivity index is 1.34. The van der Waals surface area contributed by atoms with Gasteiger partial charge in [0.2, 0.25) is 5.95 Å². The van der Waals surface area contributed by atoms with Gasteiger partial charge in [0.25, 0.3) is 0 Å². The highest BCUT2D eigenvalue weighted by Gasteiger charge is 2.22. The first-order valence-corrected chi connectivity index (χ1v) is 14.8. The van der Waals surface area contributed by atoms with Crippen molar-refractivity contribution in [1.82, 2.24) is 19.5 Å². The largest absolute Gasteiger partial charge is 0.456 e. The van der Waals surface area contributed by atoms with Crippen molar-refractivity contribution in [3.05, 3.63) is 157 Å². The third kappa shape index (κ3) is 4.20. The van der Waals surface area contributed by atoms with E-state index in [9.17, 15) is 9.60 Å².